The first kappa shape index (κ1) is 27.3. The zero-order valence-corrected chi connectivity index (χ0v) is 21.1. The molecule has 36 heavy (non-hydrogen) atoms. The molecule has 0 bridgehead atoms. The number of amides is 5. The average molecular weight is 504 g/mol. The lowest BCUT2D eigenvalue weighted by Gasteiger charge is -2.43. The van der Waals surface area contributed by atoms with Gasteiger partial charge >= 0.3 is 12.2 Å². The average Bonchev–Trinajstić information content (AvgIpc) is 2.96. The number of nitrogens with one attached hydrogen (secondary N) is 3. The van der Waals surface area contributed by atoms with Crippen LogP contribution in [0.3, 0.4) is 0 Å². The maximum absolute atomic E-state index is 13.6. The fraction of sp³-hybridized carbons (Fsp3) is 0.750. The first-order valence-corrected chi connectivity index (χ1v) is 12.9. The molecule has 5 amide bonds. The molecule has 3 N–H and O–H groups in total. The fourth-order valence-corrected chi connectivity index (χ4v) is 5.17. The molecule has 1 unspecified atom stereocenters. The van der Waals surface area contributed by atoms with E-state index in [-0.39, 0.29) is 30.7 Å². The van der Waals surface area contributed by atoms with Gasteiger partial charge in [-0.25, -0.2) is 9.80 Å². The van der Waals surface area contributed by atoms with E-state index < -0.39 is 41.8 Å². The van der Waals surface area contributed by atoms with Crippen LogP contribution in [0.4, 0.5) is 4.79 Å². The fourth-order valence-electron chi connectivity index (χ4n) is 5.17. The number of rotatable bonds is 8. The van der Waals surface area contributed by atoms with E-state index in [1.807, 2.05) is 13.8 Å². The Bertz CT molecular complexity index is 911. The number of ketones is 1. The Labute approximate surface area is 211 Å². The van der Waals surface area contributed by atoms with Crippen molar-refractivity contribution in [3.05, 3.63) is 5.53 Å². The summed E-state index contributed by atoms with van der Waals surface area (Å²) in [7, 11) is 0. The standard InChI is InChI=1S/C24H37N7O5/c1-15(2)13-18(20(32)14-26-25)28-22(34)19-9-6-12-30-21(33)11-10-17(23(35)31(19)30)29-24(36)27-16-7-4-3-5-8-16/h14-19H,3-13H2,1-2H3,(H,28,34)(H2,27,29,36)/t17?,18-,19-/m0/s1. The van der Waals surface area contributed by atoms with E-state index in [0.29, 0.717) is 25.8 Å². The van der Waals surface area contributed by atoms with Gasteiger partial charge in [0.1, 0.15) is 12.1 Å². The summed E-state index contributed by atoms with van der Waals surface area (Å²) in [4.78, 5) is 67.5. The molecule has 0 aromatic heterocycles. The van der Waals surface area contributed by atoms with Crippen molar-refractivity contribution in [1.82, 2.24) is 26.0 Å². The molecule has 0 radical (unpaired) electrons. The first-order chi connectivity index (χ1) is 17.2. The SMILES string of the molecule is CC(C)C[C@H](NC(=O)[C@@H]1CCCN2C(=O)CCC(NC(=O)NC3CCCCC3)C(=O)N12)C(=O)C=[N+]=[N-]. The summed E-state index contributed by atoms with van der Waals surface area (Å²) in [6.07, 6.45) is 7.09. The highest BCUT2D eigenvalue weighted by atomic mass is 16.2. The number of hydrazine groups is 1. The van der Waals surface area contributed by atoms with Gasteiger partial charge in [0.2, 0.25) is 11.8 Å². The third-order valence-electron chi connectivity index (χ3n) is 6.96. The summed E-state index contributed by atoms with van der Waals surface area (Å²) in [6, 6.07) is -3.29. The highest BCUT2D eigenvalue weighted by Crippen LogP contribution is 2.25. The lowest BCUT2D eigenvalue weighted by Crippen LogP contribution is -2.65. The van der Waals surface area contributed by atoms with Crippen LogP contribution in [0, 0.1) is 5.92 Å². The van der Waals surface area contributed by atoms with Gasteiger partial charge < -0.3 is 21.5 Å². The molecule has 0 aromatic rings. The summed E-state index contributed by atoms with van der Waals surface area (Å²) in [5, 5.41) is 10.8. The largest absolute Gasteiger partial charge is 0.361 e. The lowest BCUT2D eigenvalue weighted by atomic mass is 9.96. The van der Waals surface area contributed by atoms with Crippen LogP contribution in [0.25, 0.3) is 5.53 Å². The van der Waals surface area contributed by atoms with Crippen molar-refractivity contribution in [2.75, 3.05) is 6.54 Å². The third-order valence-corrected chi connectivity index (χ3v) is 6.96. The van der Waals surface area contributed by atoms with Gasteiger partial charge in [0, 0.05) is 19.0 Å². The van der Waals surface area contributed by atoms with Gasteiger partial charge in [-0.3, -0.25) is 24.2 Å². The zero-order chi connectivity index (χ0) is 26.2. The molecule has 3 atom stereocenters. The van der Waals surface area contributed by atoms with Gasteiger partial charge in [-0.05, 0) is 44.4 Å². The minimum Gasteiger partial charge on any atom is -0.361 e. The molecule has 0 spiro atoms. The normalized spacial score (nSPS) is 23.8. The van der Waals surface area contributed by atoms with Crippen molar-refractivity contribution in [3.8, 4) is 0 Å². The van der Waals surface area contributed by atoms with Crippen molar-refractivity contribution in [1.29, 1.82) is 0 Å². The van der Waals surface area contributed by atoms with Gasteiger partial charge in [0.15, 0.2) is 0 Å². The number of carbonyl (C=O) groups excluding carboxylic acids is 5. The Morgan fingerprint density at radius 2 is 1.78 bits per heavy atom. The van der Waals surface area contributed by atoms with E-state index in [1.165, 1.54) is 5.01 Å². The number of hydrogen-bond donors (Lipinski definition) is 3. The molecule has 198 valence electrons. The number of carbonyl (C=O) groups is 5. The topological polar surface area (TPSA) is 164 Å². The molecule has 2 saturated heterocycles. The van der Waals surface area contributed by atoms with E-state index in [2.05, 4.69) is 20.7 Å². The van der Waals surface area contributed by atoms with Crippen LogP contribution >= 0.6 is 0 Å². The Morgan fingerprint density at radius 1 is 1.06 bits per heavy atom. The van der Waals surface area contributed by atoms with E-state index in [1.54, 1.807) is 0 Å². The predicted octanol–water partition coefficient (Wildman–Crippen LogP) is 0.916. The molecule has 2 aliphatic heterocycles. The van der Waals surface area contributed by atoms with Crippen LogP contribution in [0.2, 0.25) is 0 Å². The molecule has 3 fully saturated rings. The molecule has 1 aliphatic carbocycles. The Balaban J connectivity index is 1.75. The van der Waals surface area contributed by atoms with Gasteiger partial charge in [-0.1, -0.05) is 33.1 Å². The number of fused-ring (bicyclic) bond motifs is 1. The van der Waals surface area contributed by atoms with E-state index in [4.69, 9.17) is 5.53 Å². The molecule has 1 saturated carbocycles. The van der Waals surface area contributed by atoms with E-state index in [9.17, 15) is 24.0 Å². The van der Waals surface area contributed by atoms with Crippen LogP contribution in [0.15, 0.2) is 0 Å². The summed E-state index contributed by atoms with van der Waals surface area (Å²) in [5.74, 6) is -1.89. The summed E-state index contributed by atoms with van der Waals surface area (Å²) < 4.78 is 0. The minimum absolute atomic E-state index is 0.0594. The van der Waals surface area contributed by atoms with Crippen molar-refractivity contribution in [2.24, 2.45) is 5.92 Å². The maximum atomic E-state index is 13.6. The maximum Gasteiger partial charge on any atom is 0.325 e. The zero-order valence-electron chi connectivity index (χ0n) is 21.1. The van der Waals surface area contributed by atoms with Crippen molar-refractivity contribution in [3.63, 3.8) is 0 Å². The van der Waals surface area contributed by atoms with E-state index in [0.717, 1.165) is 43.3 Å². The molecule has 3 aliphatic rings. The van der Waals surface area contributed by atoms with Crippen LogP contribution in [0.1, 0.15) is 78.1 Å². The quantitative estimate of drug-likeness (QED) is 0.254. The summed E-state index contributed by atoms with van der Waals surface area (Å²) in [5.41, 5.74) is 8.76. The Kier molecular flexibility index (Phi) is 9.58. The van der Waals surface area contributed by atoms with Crippen LogP contribution < -0.4 is 16.0 Å². The number of hydrogen-bond acceptors (Lipinski definition) is 5. The highest BCUT2D eigenvalue weighted by molar-refractivity contribution is 6.28. The summed E-state index contributed by atoms with van der Waals surface area (Å²) >= 11 is 0. The number of Topliss-reactive ketones (excluding diaryl/α,β-unsaturated/α-hetero) is 1. The molecule has 12 nitrogen and oxygen atoms in total. The van der Waals surface area contributed by atoms with Crippen LogP contribution in [0.5, 0.6) is 0 Å². The number of urea groups is 1. The van der Waals surface area contributed by atoms with Crippen molar-refractivity contribution < 1.29 is 28.8 Å². The van der Waals surface area contributed by atoms with E-state index >= 15 is 0 Å². The predicted molar refractivity (Wildman–Crippen MR) is 129 cm³/mol. The van der Waals surface area contributed by atoms with Crippen molar-refractivity contribution in [2.45, 2.75) is 102 Å². The molecular weight excluding hydrogens is 466 g/mol. The van der Waals surface area contributed by atoms with Gasteiger partial charge in [-0.15, -0.1) is 0 Å². The molecule has 12 heteroatoms. The minimum atomic E-state index is -1.01. The van der Waals surface area contributed by atoms with Crippen LogP contribution in [-0.4, -0.2) is 81.3 Å². The first-order valence-electron chi connectivity index (χ1n) is 12.9. The van der Waals surface area contributed by atoms with Gasteiger partial charge in [0.25, 0.3) is 11.7 Å². The second kappa shape index (κ2) is 12.6. The lowest BCUT2D eigenvalue weighted by molar-refractivity contribution is -0.176. The molecule has 2 heterocycles. The Morgan fingerprint density at radius 3 is 2.44 bits per heavy atom. The monoisotopic (exact) mass is 503 g/mol. The smallest absolute Gasteiger partial charge is 0.325 e. The molecular formula is C24H37N7O5. The van der Waals surface area contributed by atoms with Crippen LogP contribution in [-0.2, 0) is 19.2 Å². The summed E-state index contributed by atoms with van der Waals surface area (Å²) in [6.45, 7) is 4.06. The second-order valence-corrected chi connectivity index (χ2v) is 10.2. The van der Waals surface area contributed by atoms with Gasteiger partial charge in [-0.2, -0.15) is 4.79 Å². The molecule has 3 rings (SSSR count). The second-order valence-electron chi connectivity index (χ2n) is 10.2. The molecule has 0 aromatic carbocycles. The van der Waals surface area contributed by atoms with Gasteiger partial charge in [0.05, 0.1) is 6.04 Å². The Hall–Kier alpha value is -3.27. The number of nitrogens with zero attached hydrogens (tertiary/aromatic N) is 4. The van der Waals surface area contributed by atoms with Crippen molar-refractivity contribution >= 4 is 35.8 Å². The highest BCUT2D eigenvalue weighted by Gasteiger charge is 2.45. The third kappa shape index (κ3) is 6.90.